The molecule has 162 valence electrons. The molecule has 0 N–H and O–H groups in total. The lowest BCUT2D eigenvalue weighted by molar-refractivity contribution is 0.707. The quantitative estimate of drug-likeness (QED) is 0.290. The second-order valence-electron chi connectivity index (χ2n) is 7.92. The van der Waals surface area contributed by atoms with Gasteiger partial charge in [-0.25, -0.2) is 0 Å². The van der Waals surface area contributed by atoms with Gasteiger partial charge in [0.05, 0.1) is 6.54 Å². The van der Waals surface area contributed by atoms with Gasteiger partial charge in [-0.15, -0.1) is 21.5 Å². The second-order valence-corrected chi connectivity index (χ2v) is 8.87. The molecule has 5 heteroatoms. The summed E-state index contributed by atoms with van der Waals surface area (Å²) in [5.41, 5.74) is 5.84. The summed E-state index contributed by atoms with van der Waals surface area (Å²) in [4.78, 5) is 3.46. The maximum absolute atomic E-state index is 4.43. The first kappa shape index (κ1) is 21.8. The molecular weight excluding hydrogens is 412 g/mol. The first-order chi connectivity index (χ1) is 15.6. The fourth-order valence-electron chi connectivity index (χ4n) is 3.58. The minimum absolute atomic E-state index is 0.773. The normalized spacial score (nSPS) is 11.5. The highest BCUT2D eigenvalue weighted by Crippen LogP contribution is 2.27. The molecule has 4 nitrogen and oxygen atoms in total. The maximum Gasteiger partial charge on any atom is 0.133 e. The zero-order chi connectivity index (χ0) is 22.3. The SMILES string of the molecule is C=C(CCc1nncn1Cc1ccccc1)N(/C=C(\C)c1cccs1)c1ccc(C)cc1. The molecule has 2 heterocycles. The molecule has 0 unspecified atom stereocenters. The van der Waals surface area contributed by atoms with Crippen molar-refractivity contribution in [3.8, 4) is 0 Å². The third-order valence-electron chi connectivity index (χ3n) is 5.41. The summed E-state index contributed by atoms with van der Waals surface area (Å²) in [5, 5.41) is 10.6. The molecule has 0 bridgehead atoms. The van der Waals surface area contributed by atoms with Gasteiger partial charge in [0.1, 0.15) is 12.2 Å². The van der Waals surface area contributed by atoms with E-state index in [0.29, 0.717) is 0 Å². The van der Waals surface area contributed by atoms with Crippen molar-refractivity contribution in [1.29, 1.82) is 0 Å². The molecule has 0 amide bonds. The van der Waals surface area contributed by atoms with Crippen molar-refractivity contribution in [2.75, 3.05) is 4.90 Å². The molecule has 0 aliphatic heterocycles. The average Bonchev–Trinajstić information content (AvgIpc) is 3.50. The summed E-state index contributed by atoms with van der Waals surface area (Å²) in [6.07, 6.45) is 5.56. The van der Waals surface area contributed by atoms with Gasteiger partial charge >= 0.3 is 0 Å². The van der Waals surface area contributed by atoms with E-state index in [9.17, 15) is 0 Å². The van der Waals surface area contributed by atoms with E-state index < -0.39 is 0 Å². The summed E-state index contributed by atoms with van der Waals surface area (Å²) in [6.45, 7) is 9.46. The van der Waals surface area contributed by atoms with E-state index >= 15 is 0 Å². The number of hydrogen-bond donors (Lipinski definition) is 0. The summed E-state index contributed by atoms with van der Waals surface area (Å²) < 4.78 is 2.12. The lowest BCUT2D eigenvalue weighted by Gasteiger charge is -2.24. The minimum Gasteiger partial charge on any atom is -0.321 e. The molecule has 32 heavy (non-hydrogen) atoms. The molecule has 0 aliphatic carbocycles. The van der Waals surface area contributed by atoms with E-state index in [1.165, 1.54) is 21.6 Å². The van der Waals surface area contributed by atoms with E-state index in [1.807, 2.05) is 12.4 Å². The standard InChI is InChI=1S/C27H28N4S/c1-21-11-14-25(15-12-21)31(18-22(2)26-10-7-17-32-26)23(3)13-16-27-29-28-20-30(27)19-24-8-5-4-6-9-24/h4-12,14-15,17-18,20H,3,13,16,19H2,1-2H3/b22-18+. The Labute approximate surface area is 194 Å². The van der Waals surface area contributed by atoms with Gasteiger partial charge in [-0.3, -0.25) is 0 Å². The first-order valence-corrected chi connectivity index (χ1v) is 11.6. The Morgan fingerprint density at radius 3 is 2.56 bits per heavy atom. The zero-order valence-electron chi connectivity index (χ0n) is 18.6. The van der Waals surface area contributed by atoms with Crippen LogP contribution in [0.5, 0.6) is 0 Å². The van der Waals surface area contributed by atoms with Crippen molar-refractivity contribution < 1.29 is 0 Å². The molecule has 0 spiro atoms. The number of allylic oxidation sites excluding steroid dienone is 2. The van der Waals surface area contributed by atoms with E-state index in [-0.39, 0.29) is 0 Å². The van der Waals surface area contributed by atoms with Crippen LogP contribution in [0.4, 0.5) is 5.69 Å². The number of anilines is 1. The van der Waals surface area contributed by atoms with Crippen LogP contribution in [0.15, 0.2) is 96.9 Å². The van der Waals surface area contributed by atoms with Crippen molar-refractivity contribution >= 4 is 22.6 Å². The van der Waals surface area contributed by atoms with Gasteiger partial charge in [0.15, 0.2) is 0 Å². The van der Waals surface area contributed by atoms with Crippen LogP contribution < -0.4 is 4.90 Å². The number of nitrogens with zero attached hydrogens (tertiary/aromatic N) is 4. The van der Waals surface area contributed by atoms with Crippen molar-refractivity contribution in [3.05, 3.63) is 119 Å². The van der Waals surface area contributed by atoms with Crippen LogP contribution in [0.3, 0.4) is 0 Å². The maximum atomic E-state index is 4.43. The van der Waals surface area contributed by atoms with Gasteiger partial charge in [-0.2, -0.15) is 0 Å². The zero-order valence-corrected chi connectivity index (χ0v) is 19.4. The van der Waals surface area contributed by atoms with Crippen LogP contribution >= 0.6 is 11.3 Å². The molecule has 0 radical (unpaired) electrons. The number of aromatic nitrogens is 3. The third kappa shape index (κ3) is 5.42. The van der Waals surface area contributed by atoms with Crippen molar-refractivity contribution in [1.82, 2.24) is 14.8 Å². The third-order valence-corrected chi connectivity index (χ3v) is 6.42. The predicted octanol–water partition coefficient (Wildman–Crippen LogP) is 6.71. The molecular formula is C27H28N4S. The van der Waals surface area contributed by atoms with Gasteiger partial charge in [0.25, 0.3) is 0 Å². The summed E-state index contributed by atoms with van der Waals surface area (Å²) in [6, 6.07) is 23.2. The number of rotatable bonds is 9. The Balaban J connectivity index is 1.51. The van der Waals surface area contributed by atoms with Gasteiger partial charge < -0.3 is 9.47 Å². The average molecular weight is 441 g/mol. The van der Waals surface area contributed by atoms with Crippen LogP contribution in [0.2, 0.25) is 0 Å². The van der Waals surface area contributed by atoms with Gasteiger partial charge in [-0.05, 0) is 55.0 Å². The van der Waals surface area contributed by atoms with E-state index in [1.54, 1.807) is 11.3 Å². The molecule has 0 saturated carbocycles. The van der Waals surface area contributed by atoms with Gasteiger partial charge in [0.2, 0.25) is 0 Å². The molecule has 0 atom stereocenters. The molecule has 2 aromatic heterocycles. The van der Waals surface area contributed by atoms with Crippen LogP contribution in [0.1, 0.15) is 35.2 Å². The molecule has 2 aromatic carbocycles. The fraction of sp³-hybridized carbons (Fsp3) is 0.185. The highest BCUT2D eigenvalue weighted by Gasteiger charge is 2.12. The number of aryl methyl sites for hydroxylation is 2. The van der Waals surface area contributed by atoms with Crippen LogP contribution in [0.25, 0.3) is 5.57 Å². The minimum atomic E-state index is 0.773. The number of benzene rings is 2. The Kier molecular flexibility index (Phi) is 6.97. The highest BCUT2D eigenvalue weighted by molar-refractivity contribution is 7.11. The molecule has 0 aliphatic rings. The van der Waals surface area contributed by atoms with Gasteiger partial charge in [-0.1, -0.05) is 60.7 Å². The van der Waals surface area contributed by atoms with Crippen LogP contribution in [0, 0.1) is 6.92 Å². The summed E-state index contributed by atoms with van der Waals surface area (Å²) in [5.74, 6) is 0.970. The van der Waals surface area contributed by atoms with Gasteiger partial charge in [0, 0.05) is 28.9 Å². The number of hydrogen-bond acceptors (Lipinski definition) is 4. The molecule has 0 fully saturated rings. The Bertz CT molecular complexity index is 1170. The summed E-state index contributed by atoms with van der Waals surface area (Å²) in [7, 11) is 0. The van der Waals surface area contributed by atoms with Crippen LogP contribution in [-0.4, -0.2) is 14.8 Å². The Morgan fingerprint density at radius 1 is 1.06 bits per heavy atom. The second kappa shape index (κ2) is 10.2. The highest BCUT2D eigenvalue weighted by atomic mass is 32.1. The van der Waals surface area contributed by atoms with E-state index in [2.05, 4.69) is 112 Å². The predicted molar refractivity (Wildman–Crippen MR) is 135 cm³/mol. The first-order valence-electron chi connectivity index (χ1n) is 10.8. The van der Waals surface area contributed by atoms with Crippen molar-refractivity contribution in [2.45, 2.75) is 33.2 Å². The lowest BCUT2D eigenvalue weighted by Crippen LogP contribution is -2.16. The summed E-state index contributed by atoms with van der Waals surface area (Å²) >= 11 is 1.75. The molecule has 4 aromatic rings. The van der Waals surface area contributed by atoms with E-state index in [4.69, 9.17) is 0 Å². The van der Waals surface area contributed by atoms with Crippen molar-refractivity contribution in [2.24, 2.45) is 0 Å². The smallest absolute Gasteiger partial charge is 0.133 e. The molecule has 4 rings (SSSR count). The molecule has 0 saturated heterocycles. The topological polar surface area (TPSA) is 34.0 Å². The lowest BCUT2D eigenvalue weighted by atomic mass is 10.1. The monoisotopic (exact) mass is 440 g/mol. The largest absolute Gasteiger partial charge is 0.321 e. The Hall–Kier alpha value is -3.44. The fourth-order valence-corrected chi connectivity index (χ4v) is 4.27. The number of thiophene rings is 1. The Morgan fingerprint density at radius 2 is 1.84 bits per heavy atom. The van der Waals surface area contributed by atoms with Crippen molar-refractivity contribution in [3.63, 3.8) is 0 Å². The van der Waals surface area contributed by atoms with Crippen LogP contribution in [-0.2, 0) is 13.0 Å². The van der Waals surface area contributed by atoms with E-state index in [0.717, 1.165) is 36.6 Å².